The second-order valence-electron chi connectivity index (χ2n) is 8.86. The zero-order chi connectivity index (χ0) is 21.0. The number of rotatable bonds is 2. The fourth-order valence-electron chi connectivity index (χ4n) is 5.36. The summed E-state index contributed by atoms with van der Waals surface area (Å²) < 4.78 is 17.9. The number of hydrogen-bond donors (Lipinski definition) is 1. The first-order chi connectivity index (χ1) is 15.3. The van der Waals surface area contributed by atoms with Crippen LogP contribution < -0.4 is 10.1 Å². The van der Waals surface area contributed by atoms with E-state index in [2.05, 4.69) is 39.5 Å². The molecule has 1 saturated carbocycles. The Labute approximate surface area is 183 Å². The largest absolute Gasteiger partial charge is 0.492 e. The molecule has 3 aliphatic heterocycles. The predicted octanol–water partition coefficient (Wildman–Crippen LogP) is 3.37. The molecule has 1 aliphatic carbocycles. The van der Waals surface area contributed by atoms with Gasteiger partial charge in [0, 0.05) is 12.6 Å². The van der Waals surface area contributed by atoms with E-state index in [1.54, 1.807) is 0 Å². The van der Waals surface area contributed by atoms with E-state index in [4.69, 9.17) is 13.9 Å². The van der Waals surface area contributed by atoms with Crippen LogP contribution in [0.5, 0.6) is 5.75 Å². The van der Waals surface area contributed by atoms with Crippen molar-refractivity contribution in [2.45, 2.75) is 62.6 Å². The highest BCUT2D eigenvalue weighted by atomic mass is 16.5. The Morgan fingerprint density at radius 2 is 1.97 bits per heavy atom. The van der Waals surface area contributed by atoms with Gasteiger partial charge in [0.15, 0.2) is 0 Å². The van der Waals surface area contributed by atoms with Gasteiger partial charge in [-0.2, -0.15) is 0 Å². The molecule has 7 nitrogen and oxygen atoms in total. The van der Waals surface area contributed by atoms with Crippen molar-refractivity contribution in [2.75, 3.05) is 26.3 Å². The first-order valence-electron chi connectivity index (χ1n) is 11.6. The van der Waals surface area contributed by atoms with Gasteiger partial charge in [0.05, 0.1) is 24.9 Å². The molecule has 4 heterocycles. The minimum absolute atomic E-state index is 0.00176. The molecule has 2 atom stereocenters. The number of nitrogens with zero attached hydrogens (tertiary/aromatic N) is 2. The highest BCUT2D eigenvalue weighted by molar-refractivity contribution is 5.89. The minimum atomic E-state index is -0.259. The highest BCUT2D eigenvalue weighted by Crippen LogP contribution is 2.38. The van der Waals surface area contributed by atoms with E-state index in [-0.39, 0.29) is 30.0 Å². The Morgan fingerprint density at radius 1 is 1.10 bits per heavy atom. The van der Waals surface area contributed by atoms with Crippen LogP contribution >= 0.6 is 0 Å². The van der Waals surface area contributed by atoms with Crippen molar-refractivity contribution in [3.8, 4) is 5.75 Å². The summed E-state index contributed by atoms with van der Waals surface area (Å²) in [6, 6.07) is 8.62. The maximum absolute atomic E-state index is 12.6. The van der Waals surface area contributed by atoms with Crippen LogP contribution in [0, 0.1) is 0 Å². The highest BCUT2D eigenvalue weighted by Gasteiger charge is 2.35. The van der Waals surface area contributed by atoms with Crippen LogP contribution in [0.3, 0.4) is 0 Å². The van der Waals surface area contributed by atoms with Crippen LogP contribution in [0.2, 0.25) is 0 Å². The molecule has 1 aromatic heterocycles. The minimum Gasteiger partial charge on any atom is -0.492 e. The maximum atomic E-state index is 12.6. The van der Waals surface area contributed by atoms with Crippen molar-refractivity contribution in [3.63, 3.8) is 0 Å². The lowest BCUT2D eigenvalue weighted by Crippen LogP contribution is -2.58. The number of hydrogen-bond acceptors (Lipinski definition) is 6. The van der Waals surface area contributed by atoms with Gasteiger partial charge >= 0.3 is 5.91 Å². The molecule has 0 spiro atoms. The Morgan fingerprint density at radius 3 is 2.81 bits per heavy atom. The molecule has 6 rings (SSSR count). The van der Waals surface area contributed by atoms with Crippen molar-refractivity contribution in [1.29, 1.82) is 0 Å². The van der Waals surface area contributed by atoms with Crippen molar-refractivity contribution in [1.82, 2.24) is 15.2 Å². The van der Waals surface area contributed by atoms with Crippen LogP contribution in [0.15, 0.2) is 41.1 Å². The lowest BCUT2D eigenvalue weighted by molar-refractivity contribution is -0.0302. The number of para-hydroxylation sites is 1. The van der Waals surface area contributed by atoms with Crippen LogP contribution in [0.25, 0.3) is 0 Å². The zero-order valence-electron chi connectivity index (χ0n) is 17.9. The smallest absolute Gasteiger partial charge is 0.307 e. The van der Waals surface area contributed by atoms with E-state index >= 15 is 0 Å². The zero-order valence-corrected chi connectivity index (χ0v) is 17.9. The molecule has 2 fully saturated rings. The van der Waals surface area contributed by atoms with E-state index < -0.39 is 0 Å². The average Bonchev–Trinajstić information content (AvgIpc) is 3.35. The van der Waals surface area contributed by atoms with Crippen LogP contribution in [0.1, 0.15) is 60.7 Å². The van der Waals surface area contributed by atoms with Crippen LogP contribution in [0.4, 0.5) is 0 Å². The molecule has 1 amide bonds. The molecule has 4 aliphatic rings. The van der Waals surface area contributed by atoms with Gasteiger partial charge in [-0.1, -0.05) is 18.2 Å². The van der Waals surface area contributed by atoms with Crippen LogP contribution in [-0.2, 0) is 4.74 Å². The van der Waals surface area contributed by atoms with Gasteiger partial charge < -0.3 is 19.2 Å². The van der Waals surface area contributed by atoms with Crippen molar-refractivity contribution >= 4 is 5.91 Å². The van der Waals surface area contributed by atoms with Gasteiger partial charge in [-0.3, -0.25) is 9.69 Å². The number of amides is 1. The first-order valence-corrected chi connectivity index (χ1v) is 11.6. The number of ether oxygens (including phenoxy) is 2. The molecule has 31 heavy (non-hydrogen) atoms. The quantitative estimate of drug-likeness (QED) is 0.795. The third-order valence-electron chi connectivity index (χ3n) is 7.01. The van der Waals surface area contributed by atoms with Gasteiger partial charge in [0.25, 0.3) is 5.89 Å². The number of nitrogens with one attached hydrogen (secondary N) is 1. The molecule has 1 N–H and O–H groups in total. The summed E-state index contributed by atoms with van der Waals surface area (Å²) >= 11 is 0. The number of aromatic nitrogens is 1. The molecule has 0 radical (unpaired) electrons. The first kappa shape index (κ1) is 20.5. The molecule has 7 heteroatoms. The molecule has 1 aromatic carbocycles. The Balaban J connectivity index is 1.34. The van der Waals surface area contributed by atoms with Gasteiger partial charge in [0.1, 0.15) is 18.6 Å². The van der Waals surface area contributed by atoms with E-state index in [0.717, 1.165) is 57.4 Å². The number of benzene rings is 1. The standard InChI is InChI=1S/C24H31N3O4/c28-23(24-25-11-14-30-24)26-20-5-3-12-27-13-15-29-22-6-2-1-4-19(22)17-7-9-18(10-8-17)31-16-21(20)27/h1-2,4,6,11,14,17-18,20-21H,3,5,7-10,12-13,15-16H2,(H,26,28)/t17?,18?,20-,21-/m0/s1. The Bertz CT molecular complexity index is 863. The van der Waals surface area contributed by atoms with Crippen LogP contribution in [-0.4, -0.2) is 60.3 Å². The Kier molecular flexibility index (Phi) is 6.22. The predicted molar refractivity (Wildman–Crippen MR) is 115 cm³/mol. The topological polar surface area (TPSA) is 76.8 Å². The summed E-state index contributed by atoms with van der Waals surface area (Å²) in [6.45, 7) is 3.05. The maximum Gasteiger partial charge on any atom is 0.307 e. The third kappa shape index (κ3) is 4.62. The Hall–Kier alpha value is -2.38. The summed E-state index contributed by atoms with van der Waals surface area (Å²) in [4.78, 5) is 19.0. The molecular weight excluding hydrogens is 394 g/mol. The molecular formula is C24H31N3O4. The lowest BCUT2D eigenvalue weighted by Gasteiger charge is -2.42. The number of piperidine rings is 1. The summed E-state index contributed by atoms with van der Waals surface area (Å²) in [6.07, 6.45) is 9.55. The summed E-state index contributed by atoms with van der Waals surface area (Å²) in [5, 5.41) is 3.15. The van der Waals surface area contributed by atoms with E-state index in [1.807, 2.05) is 0 Å². The van der Waals surface area contributed by atoms with Gasteiger partial charge in [-0.15, -0.1) is 0 Å². The summed E-state index contributed by atoms with van der Waals surface area (Å²) in [7, 11) is 0. The number of fused-ring (bicyclic) bond motifs is 5. The fraction of sp³-hybridized carbons (Fsp3) is 0.583. The molecule has 1 saturated heterocycles. The number of carbonyl (C=O) groups is 1. The van der Waals surface area contributed by atoms with E-state index in [1.165, 1.54) is 18.0 Å². The van der Waals surface area contributed by atoms with Gasteiger partial charge in [0.2, 0.25) is 0 Å². The van der Waals surface area contributed by atoms with Crippen molar-refractivity contribution < 1.29 is 18.7 Å². The normalized spacial score (nSPS) is 29.4. The summed E-state index contributed by atoms with van der Waals surface area (Å²) in [5.41, 5.74) is 1.34. The molecule has 166 valence electrons. The van der Waals surface area contributed by atoms with Crippen molar-refractivity contribution in [3.05, 3.63) is 48.2 Å². The average molecular weight is 426 g/mol. The number of carbonyl (C=O) groups excluding carboxylic acids is 1. The summed E-state index contributed by atoms with van der Waals surface area (Å²) in [5.74, 6) is 1.42. The molecule has 0 unspecified atom stereocenters. The van der Waals surface area contributed by atoms with Gasteiger partial charge in [-0.25, -0.2) is 4.98 Å². The van der Waals surface area contributed by atoms with Crippen molar-refractivity contribution in [2.24, 2.45) is 0 Å². The van der Waals surface area contributed by atoms with E-state index in [9.17, 15) is 4.79 Å². The fourth-order valence-corrected chi connectivity index (χ4v) is 5.36. The molecule has 2 aromatic rings. The van der Waals surface area contributed by atoms with E-state index in [0.29, 0.717) is 19.1 Å². The second kappa shape index (κ2) is 9.40. The van der Waals surface area contributed by atoms with Gasteiger partial charge in [-0.05, 0) is 62.6 Å². The second-order valence-corrected chi connectivity index (χ2v) is 8.86. The third-order valence-corrected chi connectivity index (χ3v) is 7.01. The SMILES string of the molecule is O=C(N[C@H]1CCCN2CCOc3ccccc3C3CCC(CC3)OC[C@@H]12)c1ncco1. The molecule has 2 bridgehead atoms. The number of oxazole rings is 1. The monoisotopic (exact) mass is 425 g/mol. The lowest BCUT2D eigenvalue weighted by atomic mass is 9.82.